The SMILES string of the molecule is C[C@@H](N=[N+]=[N-])c1cc(Br)ccc1F. The summed E-state index contributed by atoms with van der Waals surface area (Å²) in [5.41, 5.74) is 8.58. The van der Waals surface area contributed by atoms with E-state index in [1.807, 2.05) is 0 Å². The Balaban J connectivity index is 3.12. The van der Waals surface area contributed by atoms with Crippen molar-refractivity contribution >= 4 is 15.9 Å². The molecular weight excluding hydrogens is 237 g/mol. The molecule has 0 unspecified atom stereocenters. The number of halogens is 2. The van der Waals surface area contributed by atoms with Crippen molar-refractivity contribution in [2.45, 2.75) is 13.0 Å². The van der Waals surface area contributed by atoms with Gasteiger partial charge in [0.15, 0.2) is 0 Å². The van der Waals surface area contributed by atoms with Gasteiger partial charge in [-0.15, -0.1) is 0 Å². The van der Waals surface area contributed by atoms with E-state index in [1.165, 1.54) is 6.07 Å². The van der Waals surface area contributed by atoms with Crippen LogP contribution in [0.4, 0.5) is 4.39 Å². The molecule has 5 heteroatoms. The maximum absolute atomic E-state index is 13.1. The molecule has 0 saturated heterocycles. The summed E-state index contributed by atoms with van der Waals surface area (Å²) >= 11 is 3.21. The highest BCUT2D eigenvalue weighted by atomic mass is 79.9. The molecule has 0 aliphatic carbocycles. The Bertz CT molecular complexity index is 360. The molecule has 0 aliphatic heterocycles. The molecule has 3 nitrogen and oxygen atoms in total. The van der Waals surface area contributed by atoms with Gasteiger partial charge in [0.2, 0.25) is 0 Å². The van der Waals surface area contributed by atoms with Gasteiger partial charge in [-0.1, -0.05) is 28.0 Å². The van der Waals surface area contributed by atoms with Crippen molar-refractivity contribution in [1.29, 1.82) is 0 Å². The highest BCUT2D eigenvalue weighted by molar-refractivity contribution is 9.10. The maximum atomic E-state index is 13.1. The number of hydrogen-bond donors (Lipinski definition) is 0. The fraction of sp³-hybridized carbons (Fsp3) is 0.250. The van der Waals surface area contributed by atoms with E-state index in [2.05, 4.69) is 26.0 Å². The summed E-state index contributed by atoms with van der Waals surface area (Å²) in [6.07, 6.45) is 0. The zero-order chi connectivity index (χ0) is 9.84. The molecule has 0 spiro atoms. The molecule has 0 heterocycles. The van der Waals surface area contributed by atoms with Gasteiger partial charge < -0.3 is 0 Å². The van der Waals surface area contributed by atoms with Gasteiger partial charge >= 0.3 is 0 Å². The van der Waals surface area contributed by atoms with Gasteiger partial charge in [-0.2, -0.15) is 0 Å². The molecule has 0 aromatic heterocycles. The fourth-order valence-corrected chi connectivity index (χ4v) is 1.35. The van der Waals surface area contributed by atoms with Gasteiger partial charge in [0.25, 0.3) is 0 Å². The van der Waals surface area contributed by atoms with Crippen molar-refractivity contribution in [3.8, 4) is 0 Å². The molecule has 1 aromatic rings. The fourth-order valence-electron chi connectivity index (χ4n) is 0.974. The predicted octanol–water partition coefficient (Wildman–Crippen LogP) is 3.96. The maximum Gasteiger partial charge on any atom is 0.126 e. The van der Waals surface area contributed by atoms with Crippen LogP contribution in [0.5, 0.6) is 0 Å². The lowest BCUT2D eigenvalue weighted by atomic mass is 10.1. The van der Waals surface area contributed by atoms with E-state index in [9.17, 15) is 4.39 Å². The number of rotatable bonds is 2. The summed E-state index contributed by atoms with van der Waals surface area (Å²) in [4.78, 5) is 2.63. The third-order valence-corrected chi connectivity index (χ3v) is 2.13. The second-order valence-electron chi connectivity index (χ2n) is 2.55. The molecule has 1 rings (SSSR count). The lowest BCUT2D eigenvalue weighted by Gasteiger charge is -2.06. The van der Waals surface area contributed by atoms with Crippen LogP contribution in [0.3, 0.4) is 0 Å². The number of azide groups is 1. The van der Waals surface area contributed by atoms with Crippen LogP contribution in [0.2, 0.25) is 0 Å². The van der Waals surface area contributed by atoms with E-state index in [0.717, 1.165) is 4.47 Å². The minimum Gasteiger partial charge on any atom is -0.207 e. The van der Waals surface area contributed by atoms with Gasteiger partial charge in [-0.05, 0) is 29.3 Å². The largest absolute Gasteiger partial charge is 0.207 e. The number of benzene rings is 1. The molecular formula is C8H7BrFN3. The summed E-state index contributed by atoms with van der Waals surface area (Å²) < 4.78 is 13.9. The molecule has 13 heavy (non-hydrogen) atoms. The van der Waals surface area contributed by atoms with Crippen LogP contribution in [0, 0.1) is 5.82 Å². The minimum absolute atomic E-state index is 0.358. The van der Waals surface area contributed by atoms with E-state index < -0.39 is 6.04 Å². The van der Waals surface area contributed by atoms with Gasteiger partial charge in [-0.3, -0.25) is 0 Å². The second kappa shape index (κ2) is 4.25. The van der Waals surface area contributed by atoms with Crippen molar-refractivity contribution < 1.29 is 4.39 Å². The second-order valence-corrected chi connectivity index (χ2v) is 3.46. The molecule has 1 atom stereocenters. The monoisotopic (exact) mass is 243 g/mol. The van der Waals surface area contributed by atoms with Crippen LogP contribution in [0.25, 0.3) is 10.4 Å². The Hall–Kier alpha value is -1.06. The molecule has 68 valence electrons. The third kappa shape index (κ3) is 2.44. The van der Waals surface area contributed by atoms with E-state index >= 15 is 0 Å². The lowest BCUT2D eigenvalue weighted by Crippen LogP contribution is -1.93. The lowest BCUT2D eigenvalue weighted by molar-refractivity contribution is 0.592. The van der Waals surface area contributed by atoms with E-state index in [4.69, 9.17) is 5.53 Å². The Morgan fingerprint density at radius 3 is 2.92 bits per heavy atom. The average molecular weight is 244 g/mol. The molecule has 0 amide bonds. The first-order valence-corrected chi connectivity index (χ1v) is 4.43. The molecule has 0 aliphatic rings. The van der Waals surface area contributed by atoms with Crippen LogP contribution in [0.15, 0.2) is 27.8 Å². The van der Waals surface area contributed by atoms with Crippen LogP contribution >= 0.6 is 15.9 Å². The summed E-state index contributed by atoms with van der Waals surface area (Å²) in [5.74, 6) is -0.358. The zero-order valence-electron chi connectivity index (χ0n) is 6.91. The van der Waals surface area contributed by atoms with E-state index in [1.54, 1.807) is 19.1 Å². The highest BCUT2D eigenvalue weighted by Gasteiger charge is 2.08. The van der Waals surface area contributed by atoms with Crippen molar-refractivity contribution in [2.24, 2.45) is 5.11 Å². The minimum atomic E-state index is -0.484. The topological polar surface area (TPSA) is 48.8 Å². The summed E-state index contributed by atoms with van der Waals surface area (Å²) in [6, 6.07) is 4.06. The van der Waals surface area contributed by atoms with Gasteiger partial charge in [-0.25, -0.2) is 4.39 Å². The molecule has 1 aromatic carbocycles. The molecule has 0 N–H and O–H groups in total. The highest BCUT2D eigenvalue weighted by Crippen LogP contribution is 2.23. The predicted molar refractivity (Wildman–Crippen MR) is 51.7 cm³/mol. The van der Waals surface area contributed by atoms with E-state index in [-0.39, 0.29) is 5.82 Å². The molecule has 0 fully saturated rings. The third-order valence-electron chi connectivity index (χ3n) is 1.63. The summed E-state index contributed by atoms with van der Waals surface area (Å²) in [6.45, 7) is 1.64. The van der Waals surface area contributed by atoms with Gasteiger partial charge in [0.1, 0.15) is 5.82 Å². The summed E-state index contributed by atoms with van der Waals surface area (Å²) in [5, 5.41) is 3.42. The standard InChI is InChI=1S/C8H7BrFN3/c1-5(12-13-11)7-4-6(9)2-3-8(7)10/h2-5H,1H3/t5-/m1/s1. The average Bonchev–Trinajstić information content (AvgIpc) is 2.09. The van der Waals surface area contributed by atoms with Crippen LogP contribution in [-0.2, 0) is 0 Å². The van der Waals surface area contributed by atoms with Crippen LogP contribution in [0.1, 0.15) is 18.5 Å². The van der Waals surface area contributed by atoms with Gasteiger partial charge in [0.05, 0.1) is 6.04 Å². The molecule has 0 saturated carbocycles. The van der Waals surface area contributed by atoms with E-state index in [0.29, 0.717) is 5.56 Å². The first-order valence-electron chi connectivity index (χ1n) is 3.64. The molecule has 0 bridgehead atoms. The zero-order valence-corrected chi connectivity index (χ0v) is 8.49. The normalized spacial score (nSPS) is 11.9. The van der Waals surface area contributed by atoms with Crippen LogP contribution in [-0.4, -0.2) is 0 Å². The van der Waals surface area contributed by atoms with Crippen molar-refractivity contribution in [3.05, 3.63) is 44.5 Å². The first kappa shape index (κ1) is 10.0. The van der Waals surface area contributed by atoms with Crippen molar-refractivity contribution in [1.82, 2.24) is 0 Å². The summed E-state index contributed by atoms with van der Waals surface area (Å²) in [7, 11) is 0. The van der Waals surface area contributed by atoms with Crippen LogP contribution < -0.4 is 0 Å². The Morgan fingerprint density at radius 1 is 1.62 bits per heavy atom. The Kier molecular flexibility index (Phi) is 3.28. The quantitative estimate of drug-likeness (QED) is 0.429. The Morgan fingerprint density at radius 2 is 2.31 bits per heavy atom. The smallest absolute Gasteiger partial charge is 0.126 e. The van der Waals surface area contributed by atoms with Crippen molar-refractivity contribution in [3.63, 3.8) is 0 Å². The molecule has 0 radical (unpaired) electrons. The van der Waals surface area contributed by atoms with Crippen molar-refractivity contribution in [2.75, 3.05) is 0 Å². The number of hydrogen-bond acceptors (Lipinski definition) is 1. The van der Waals surface area contributed by atoms with Gasteiger partial charge in [0, 0.05) is 9.38 Å². The first-order chi connectivity index (χ1) is 6.15. The Labute approximate surface area is 83.3 Å². The number of nitrogens with zero attached hydrogens (tertiary/aromatic N) is 3.